The first kappa shape index (κ1) is 12.0. The molecule has 1 aliphatic heterocycles. The Labute approximate surface area is 110 Å². The SMILES string of the molecule is Oc1cc(-c2cccc3c2OCCNC3)ccc1F. The first-order valence-corrected chi connectivity index (χ1v) is 6.20. The third-order valence-corrected chi connectivity index (χ3v) is 3.19. The maximum Gasteiger partial charge on any atom is 0.164 e. The molecule has 2 aromatic rings. The van der Waals surface area contributed by atoms with Gasteiger partial charge in [0.05, 0.1) is 0 Å². The molecule has 0 atom stereocenters. The van der Waals surface area contributed by atoms with Crippen LogP contribution in [-0.4, -0.2) is 18.3 Å². The summed E-state index contributed by atoms with van der Waals surface area (Å²) in [7, 11) is 0. The Morgan fingerprint density at radius 1 is 1.21 bits per heavy atom. The van der Waals surface area contributed by atoms with Gasteiger partial charge in [-0.2, -0.15) is 0 Å². The Kier molecular flexibility index (Phi) is 3.09. The molecule has 0 bridgehead atoms. The standard InChI is InChI=1S/C15H14FNO2/c16-13-5-4-10(8-14(13)18)12-3-1-2-11-9-17-6-7-19-15(11)12/h1-5,8,17-18H,6-7,9H2. The summed E-state index contributed by atoms with van der Waals surface area (Å²) in [6.07, 6.45) is 0. The van der Waals surface area contributed by atoms with E-state index in [0.717, 1.165) is 35.5 Å². The molecule has 3 nitrogen and oxygen atoms in total. The van der Waals surface area contributed by atoms with E-state index in [-0.39, 0.29) is 5.75 Å². The molecule has 0 aliphatic carbocycles. The molecule has 3 rings (SSSR count). The smallest absolute Gasteiger partial charge is 0.164 e. The van der Waals surface area contributed by atoms with Crippen LogP contribution in [0.1, 0.15) is 5.56 Å². The van der Waals surface area contributed by atoms with E-state index in [1.165, 1.54) is 12.1 Å². The molecule has 0 aromatic heterocycles. The Bertz CT molecular complexity index is 613. The number of fused-ring (bicyclic) bond motifs is 1. The van der Waals surface area contributed by atoms with Crippen molar-refractivity contribution in [2.24, 2.45) is 0 Å². The van der Waals surface area contributed by atoms with Crippen molar-refractivity contribution in [1.82, 2.24) is 5.32 Å². The van der Waals surface area contributed by atoms with E-state index in [0.29, 0.717) is 6.61 Å². The van der Waals surface area contributed by atoms with Gasteiger partial charge in [0.1, 0.15) is 12.4 Å². The van der Waals surface area contributed by atoms with Gasteiger partial charge in [-0.1, -0.05) is 24.3 Å². The van der Waals surface area contributed by atoms with Crippen LogP contribution >= 0.6 is 0 Å². The molecule has 1 aliphatic rings. The van der Waals surface area contributed by atoms with Crippen LogP contribution in [0.2, 0.25) is 0 Å². The van der Waals surface area contributed by atoms with E-state index in [4.69, 9.17) is 4.74 Å². The van der Waals surface area contributed by atoms with Crippen LogP contribution in [0.25, 0.3) is 11.1 Å². The first-order valence-electron chi connectivity index (χ1n) is 6.20. The van der Waals surface area contributed by atoms with E-state index >= 15 is 0 Å². The molecule has 98 valence electrons. The second-order valence-corrected chi connectivity index (χ2v) is 4.49. The lowest BCUT2D eigenvalue weighted by Crippen LogP contribution is -2.16. The minimum Gasteiger partial charge on any atom is -0.505 e. The number of aromatic hydroxyl groups is 1. The molecule has 19 heavy (non-hydrogen) atoms. The van der Waals surface area contributed by atoms with Gasteiger partial charge in [0.15, 0.2) is 11.6 Å². The number of nitrogens with one attached hydrogen (secondary N) is 1. The van der Waals surface area contributed by atoms with Gasteiger partial charge in [0.25, 0.3) is 0 Å². The Morgan fingerprint density at radius 2 is 2.11 bits per heavy atom. The van der Waals surface area contributed by atoms with Crippen molar-refractivity contribution in [2.75, 3.05) is 13.2 Å². The van der Waals surface area contributed by atoms with Crippen LogP contribution in [0.5, 0.6) is 11.5 Å². The van der Waals surface area contributed by atoms with Crippen LogP contribution in [0.15, 0.2) is 36.4 Å². The minimum atomic E-state index is -0.617. The van der Waals surface area contributed by atoms with Crippen molar-refractivity contribution < 1.29 is 14.2 Å². The number of phenols is 1. The Morgan fingerprint density at radius 3 is 2.95 bits per heavy atom. The normalized spacial score (nSPS) is 14.4. The molecular weight excluding hydrogens is 245 g/mol. The van der Waals surface area contributed by atoms with Crippen molar-refractivity contribution in [3.05, 3.63) is 47.8 Å². The number of hydrogen-bond donors (Lipinski definition) is 2. The average molecular weight is 259 g/mol. The lowest BCUT2D eigenvalue weighted by molar-refractivity contribution is 0.327. The Balaban J connectivity index is 2.11. The average Bonchev–Trinajstić information content (AvgIpc) is 2.67. The largest absolute Gasteiger partial charge is 0.505 e. The zero-order chi connectivity index (χ0) is 13.2. The molecule has 0 saturated heterocycles. The molecule has 4 heteroatoms. The predicted octanol–water partition coefficient (Wildman–Crippen LogP) is 2.68. The van der Waals surface area contributed by atoms with Gasteiger partial charge in [-0.15, -0.1) is 0 Å². The molecule has 1 heterocycles. The number of phenolic OH excluding ortho intramolecular Hbond substituents is 1. The van der Waals surface area contributed by atoms with Gasteiger partial charge in [0.2, 0.25) is 0 Å². The molecular formula is C15H14FNO2. The van der Waals surface area contributed by atoms with E-state index in [9.17, 15) is 9.50 Å². The summed E-state index contributed by atoms with van der Waals surface area (Å²) in [5.74, 6) is -0.159. The number of halogens is 1. The highest BCUT2D eigenvalue weighted by Crippen LogP contribution is 2.35. The molecule has 0 unspecified atom stereocenters. The summed E-state index contributed by atoms with van der Waals surface area (Å²) in [6, 6.07) is 10.2. The number of ether oxygens (including phenoxy) is 1. The molecule has 0 fully saturated rings. The maximum atomic E-state index is 13.1. The summed E-state index contributed by atoms with van der Waals surface area (Å²) >= 11 is 0. The van der Waals surface area contributed by atoms with Crippen molar-refractivity contribution in [3.63, 3.8) is 0 Å². The first-order chi connectivity index (χ1) is 9.25. The van der Waals surface area contributed by atoms with Gasteiger partial charge in [-0.3, -0.25) is 0 Å². The minimum absolute atomic E-state index is 0.346. The zero-order valence-electron chi connectivity index (χ0n) is 10.3. The van der Waals surface area contributed by atoms with Crippen molar-refractivity contribution in [2.45, 2.75) is 6.54 Å². The van der Waals surface area contributed by atoms with Crippen molar-refractivity contribution in [1.29, 1.82) is 0 Å². The Hall–Kier alpha value is -2.07. The van der Waals surface area contributed by atoms with Crippen molar-refractivity contribution >= 4 is 0 Å². The van der Waals surface area contributed by atoms with Crippen molar-refractivity contribution in [3.8, 4) is 22.6 Å². The molecule has 0 amide bonds. The molecule has 0 radical (unpaired) electrons. The van der Waals surface area contributed by atoms with Gasteiger partial charge in [-0.05, 0) is 17.7 Å². The van der Waals surface area contributed by atoms with Crippen LogP contribution in [-0.2, 0) is 6.54 Å². The van der Waals surface area contributed by atoms with Crippen LogP contribution in [0.3, 0.4) is 0 Å². The van der Waals surface area contributed by atoms with Gasteiger partial charge in [0, 0.05) is 24.2 Å². The lowest BCUT2D eigenvalue weighted by atomic mass is 10.0. The summed E-state index contributed by atoms with van der Waals surface area (Å²) < 4.78 is 18.9. The fourth-order valence-electron chi connectivity index (χ4n) is 2.25. The van der Waals surface area contributed by atoms with Crippen LogP contribution in [0, 0.1) is 5.82 Å². The summed E-state index contributed by atoms with van der Waals surface area (Å²) in [5.41, 5.74) is 2.69. The molecule has 0 saturated carbocycles. The van der Waals surface area contributed by atoms with Gasteiger partial charge in [-0.25, -0.2) is 4.39 Å². The summed E-state index contributed by atoms with van der Waals surface area (Å²) in [4.78, 5) is 0. The number of benzene rings is 2. The van der Waals surface area contributed by atoms with Gasteiger partial charge >= 0.3 is 0 Å². The molecule has 2 aromatic carbocycles. The monoisotopic (exact) mass is 259 g/mol. The third kappa shape index (κ3) is 2.27. The predicted molar refractivity (Wildman–Crippen MR) is 70.7 cm³/mol. The van der Waals surface area contributed by atoms with E-state index in [1.54, 1.807) is 6.07 Å². The third-order valence-electron chi connectivity index (χ3n) is 3.19. The van der Waals surface area contributed by atoms with Crippen LogP contribution in [0.4, 0.5) is 4.39 Å². The zero-order valence-corrected chi connectivity index (χ0v) is 10.3. The highest BCUT2D eigenvalue weighted by atomic mass is 19.1. The quantitative estimate of drug-likeness (QED) is 0.827. The fourth-order valence-corrected chi connectivity index (χ4v) is 2.25. The highest BCUT2D eigenvalue weighted by Gasteiger charge is 2.15. The van der Waals surface area contributed by atoms with E-state index in [2.05, 4.69) is 5.32 Å². The van der Waals surface area contributed by atoms with Gasteiger partial charge < -0.3 is 15.2 Å². The highest BCUT2D eigenvalue weighted by molar-refractivity contribution is 5.73. The van der Waals surface area contributed by atoms with Crippen LogP contribution < -0.4 is 10.1 Å². The second-order valence-electron chi connectivity index (χ2n) is 4.49. The summed E-state index contributed by atoms with van der Waals surface area (Å²) in [5, 5.41) is 12.8. The molecule has 2 N–H and O–H groups in total. The second kappa shape index (κ2) is 4.90. The molecule has 0 spiro atoms. The fraction of sp³-hybridized carbons (Fsp3) is 0.200. The van der Waals surface area contributed by atoms with E-state index < -0.39 is 5.82 Å². The maximum absolute atomic E-state index is 13.1. The van der Waals surface area contributed by atoms with E-state index in [1.807, 2.05) is 18.2 Å². The topological polar surface area (TPSA) is 41.5 Å². The number of hydrogen-bond acceptors (Lipinski definition) is 3. The summed E-state index contributed by atoms with van der Waals surface area (Å²) in [6.45, 7) is 2.14. The lowest BCUT2D eigenvalue weighted by Gasteiger charge is -2.13. The number of rotatable bonds is 1. The number of para-hydroxylation sites is 1.